The molecule has 0 radical (unpaired) electrons. The van der Waals surface area contributed by atoms with Crippen LogP contribution in [0.2, 0.25) is 10.0 Å². The predicted octanol–water partition coefficient (Wildman–Crippen LogP) is 7.27. The molecule has 33 heavy (non-hydrogen) atoms. The van der Waals surface area contributed by atoms with E-state index in [4.69, 9.17) is 27.9 Å². The third-order valence-electron chi connectivity index (χ3n) is 5.01. The van der Waals surface area contributed by atoms with Crippen molar-refractivity contribution >= 4 is 51.6 Å². The van der Waals surface area contributed by atoms with E-state index in [9.17, 15) is 10.1 Å². The highest BCUT2D eigenvalue weighted by Gasteiger charge is 2.12. The molecule has 162 valence electrons. The number of rotatable bonds is 6. The molecule has 0 heterocycles. The summed E-state index contributed by atoms with van der Waals surface area (Å²) in [5, 5.41) is 15.1. The zero-order chi connectivity index (χ0) is 23.2. The maximum atomic E-state index is 12.5. The molecule has 6 heteroatoms. The molecule has 4 aromatic carbocycles. The molecule has 1 N–H and O–H groups in total. The molecule has 1 amide bonds. The highest BCUT2D eigenvalue weighted by molar-refractivity contribution is 6.36. The van der Waals surface area contributed by atoms with Gasteiger partial charge in [0.2, 0.25) is 0 Å². The maximum Gasteiger partial charge on any atom is 0.266 e. The number of hydrogen-bond donors (Lipinski definition) is 1. The standard InChI is InChI=1S/C27H18Cl2N2O2/c28-22-10-13-25(29)26(15-22)31-27(32)21(16-30)14-18-8-11-23(12-9-18)33-17-20-6-3-5-19-4-1-2-7-24(19)20/h1-15H,17H2,(H,31,32)/b21-14-. The van der Waals surface area contributed by atoms with Crippen LogP contribution in [0.15, 0.2) is 90.5 Å². The number of amides is 1. The van der Waals surface area contributed by atoms with Crippen LogP contribution in [0.3, 0.4) is 0 Å². The molecule has 0 aliphatic carbocycles. The average Bonchev–Trinajstić information content (AvgIpc) is 2.84. The molecule has 0 unspecified atom stereocenters. The van der Waals surface area contributed by atoms with Crippen LogP contribution in [0.25, 0.3) is 16.8 Å². The Hall–Kier alpha value is -3.78. The number of carbonyl (C=O) groups excluding carboxylic acids is 1. The van der Waals surface area contributed by atoms with Crippen molar-refractivity contribution in [1.82, 2.24) is 0 Å². The quantitative estimate of drug-likeness (QED) is 0.237. The van der Waals surface area contributed by atoms with E-state index in [0.717, 1.165) is 10.9 Å². The maximum absolute atomic E-state index is 12.5. The van der Waals surface area contributed by atoms with E-state index in [1.165, 1.54) is 17.5 Å². The summed E-state index contributed by atoms with van der Waals surface area (Å²) in [6, 6.07) is 28.1. The second kappa shape index (κ2) is 10.2. The van der Waals surface area contributed by atoms with E-state index in [1.807, 2.05) is 30.3 Å². The minimum Gasteiger partial charge on any atom is -0.489 e. The van der Waals surface area contributed by atoms with Crippen LogP contribution in [0, 0.1) is 11.3 Å². The lowest BCUT2D eigenvalue weighted by Gasteiger charge is -2.09. The van der Waals surface area contributed by atoms with E-state index in [-0.39, 0.29) is 5.57 Å². The Balaban J connectivity index is 1.44. The van der Waals surface area contributed by atoms with Crippen LogP contribution in [-0.4, -0.2) is 5.91 Å². The van der Waals surface area contributed by atoms with Crippen molar-refractivity contribution in [2.45, 2.75) is 6.61 Å². The Morgan fingerprint density at radius 3 is 2.52 bits per heavy atom. The van der Waals surface area contributed by atoms with E-state index in [2.05, 4.69) is 23.5 Å². The average molecular weight is 473 g/mol. The molecule has 0 fully saturated rings. The van der Waals surface area contributed by atoms with Gasteiger partial charge < -0.3 is 10.1 Å². The topological polar surface area (TPSA) is 62.1 Å². The van der Waals surface area contributed by atoms with Gasteiger partial charge in [0.1, 0.15) is 24.0 Å². The van der Waals surface area contributed by atoms with Gasteiger partial charge in [0.25, 0.3) is 5.91 Å². The number of benzene rings is 4. The van der Waals surface area contributed by atoms with Gasteiger partial charge in [-0.1, -0.05) is 77.8 Å². The van der Waals surface area contributed by atoms with Crippen molar-refractivity contribution in [2.24, 2.45) is 0 Å². The molecule has 0 saturated heterocycles. The Bertz CT molecular complexity index is 1380. The summed E-state index contributed by atoms with van der Waals surface area (Å²) in [6.07, 6.45) is 1.50. The molecule has 0 saturated carbocycles. The lowest BCUT2D eigenvalue weighted by atomic mass is 10.1. The van der Waals surface area contributed by atoms with Crippen LogP contribution in [0.4, 0.5) is 5.69 Å². The van der Waals surface area contributed by atoms with Crippen molar-refractivity contribution in [3.8, 4) is 11.8 Å². The lowest BCUT2D eigenvalue weighted by Crippen LogP contribution is -2.13. The summed E-state index contributed by atoms with van der Waals surface area (Å²) in [7, 11) is 0. The fraction of sp³-hybridized carbons (Fsp3) is 0.0370. The Kier molecular flexibility index (Phi) is 6.95. The second-order valence-electron chi connectivity index (χ2n) is 7.24. The molecule has 4 rings (SSSR count). The molecule has 0 aromatic heterocycles. The van der Waals surface area contributed by atoms with Crippen LogP contribution in [0.5, 0.6) is 5.75 Å². The van der Waals surface area contributed by atoms with Gasteiger partial charge in [0.05, 0.1) is 10.7 Å². The fourth-order valence-electron chi connectivity index (χ4n) is 3.34. The van der Waals surface area contributed by atoms with Gasteiger partial charge in [-0.3, -0.25) is 4.79 Å². The first-order chi connectivity index (χ1) is 16.0. The van der Waals surface area contributed by atoms with Crippen molar-refractivity contribution < 1.29 is 9.53 Å². The van der Waals surface area contributed by atoms with Crippen LogP contribution < -0.4 is 10.1 Å². The monoisotopic (exact) mass is 472 g/mol. The number of nitriles is 1. The van der Waals surface area contributed by atoms with Gasteiger partial charge in [0.15, 0.2) is 0 Å². The zero-order valence-electron chi connectivity index (χ0n) is 17.4. The number of halogens is 2. The normalized spacial score (nSPS) is 11.1. The molecule has 0 spiro atoms. The molecule has 4 nitrogen and oxygen atoms in total. The number of fused-ring (bicyclic) bond motifs is 1. The van der Waals surface area contributed by atoms with E-state index in [1.54, 1.807) is 36.4 Å². The first-order valence-corrected chi connectivity index (χ1v) is 10.9. The second-order valence-corrected chi connectivity index (χ2v) is 8.09. The van der Waals surface area contributed by atoms with Gasteiger partial charge >= 0.3 is 0 Å². The van der Waals surface area contributed by atoms with Gasteiger partial charge in [-0.05, 0) is 58.3 Å². The van der Waals surface area contributed by atoms with Crippen molar-refractivity contribution in [3.63, 3.8) is 0 Å². The third-order valence-corrected chi connectivity index (χ3v) is 5.57. The summed E-state index contributed by atoms with van der Waals surface area (Å²) in [6.45, 7) is 0.433. The number of nitrogens with one attached hydrogen (secondary N) is 1. The van der Waals surface area contributed by atoms with Crippen LogP contribution in [0.1, 0.15) is 11.1 Å². The summed E-state index contributed by atoms with van der Waals surface area (Å²) in [5.41, 5.74) is 2.07. The highest BCUT2D eigenvalue weighted by atomic mass is 35.5. The molecule has 0 aliphatic rings. The summed E-state index contributed by atoms with van der Waals surface area (Å²) < 4.78 is 5.95. The van der Waals surface area contributed by atoms with Crippen molar-refractivity contribution in [2.75, 3.05) is 5.32 Å². The van der Waals surface area contributed by atoms with E-state index in [0.29, 0.717) is 33.7 Å². The zero-order valence-corrected chi connectivity index (χ0v) is 18.9. The first-order valence-electron chi connectivity index (χ1n) is 10.1. The van der Waals surface area contributed by atoms with E-state index >= 15 is 0 Å². The molecular formula is C27H18Cl2N2O2. The number of carbonyl (C=O) groups is 1. The van der Waals surface area contributed by atoms with Crippen LogP contribution >= 0.6 is 23.2 Å². The number of nitrogens with zero attached hydrogens (tertiary/aromatic N) is 1. The highest BCUT2D eigenvalue weighted by Crippen LogP contribution is 2.26. The minimum absolute atomic E-state index is 0.0598. The molecular weight excluding hydrogens is 455 g/mol. The molecule has 4 aromatic rings. The SMILES string of the molecule is N#C/C(=C/c1ccc(OCc2cccc3ccccc23)cc1)C(=O)Nc1cc(Cl)ccc1Cl. The Morgan fingerprint density at radius 2 is 1.73 bits per heavy atom. The predicted molar refractivity (Wildman–Crippen MR) is 133 cm³/mol. The Morgan fingerprint density at radius 1 is 0.970 bits per heavy atom. The summed E-state index contributed by atoms with van der Waals surface area (Å²) in [5.74, 6) is 0.117. The molecule has 0 aliphatic heterocycles. The summed E-state index contributed by atoms with van der Waals surface area (Å²) >= 11 is 12.0. The first kappa shape index (κ1) is 22.4. The van der Waals surface area contributed by atoms with Gasteiger partial charge in [-0.15, -0.1) is 0 Å². The van der Waals surface area contributed by atoms with Gasteiger partial charge in [-0.2, -0.15) is 5.26 Å². The van der Waals surface area contributed by atoms with Gasteiger partial charge in [0, 0.05) is 5.02 Å². The van der Waals surface area contributed by atoms with Crippen molar-refractivity contribution in [3.05, 3.63) is 112 Å². The Labute approximate surface area is 201 Å². The largest absolute Gasteiger partial charge is 0.489 e. The number of anilines is 1. The van der Waals surface area contributed by atoms with Crippen LogP contribution in [-0.2, 0) is 11.4 Å². The number of hydrogen-bond acceptors (Lipinski definition) is 3. The van der Waals surface area contributed by atoms with Gasteiger partial charge in [-0.25, -0.2) is 0 Å². The van der Waals surface area contributed by atoms with E-state index < -0.39 is 5.91 Å². The molecule has 0 atom stereocenters. The smallest absolute Gasteiger partial charge is 0.266 e. The fourth-order valence-corrected chi connectivity index (χ4v) is 3.67. The molecule has 0 bridgehead atoms. The minimum atomic E-state index is -0.571. The number of ether oxygens (including phenoxy) is 1. The lowest BCUT2D eigenvalue weighted by molar-refractivity contribution is -0.112. The third kappa shape index (κ3) is 5.53. The van der Waals surface area contributed by atoms with Crippen molar-refractivity contribution in [1.29, 1.82) is 5.26 Å². The summed E-state index contributed by atoms with van der Waals surface area (Å²) in [4.78, 5) is 12.5.